The average Bonchev–Trinajstić information content (AvgIpc) is 1.97. The van der Waals surface area contributed by atoms with E-state index in [0.717, 1.165) is 18.2 Å². The molecule has 0 saturated carbocycles. The van der Waals surface area contributed by atoms with Gasteiger partial charge < -0.3 is 0 Å². The summed E-state index contributed by atoms with van der Waals surface area (Å²) < 4.78 is 62.0. The normalized spacial score (nSPS) is 12.9. The zero-order chi connectivity index (χ0) is 12.6. The predicted molar refractivity (Wildman–Crippen MR) is 50.8 cm³/mol. The Morgan fingerprint density at radius 3 is 2.06 bits per heavy atom. The molecular weight excluding hydrogens is 251 g/mol. The van der Waals surface area contributed by atoms with Crippen LogP contribution in [0.2, 0.25) is 5.02 Å². The van der Waals surface area contributed by atoms with Gasteiger partial charge in [-0.05, 0) is 23.8 Å². The fourth-order valence-corrected chi connectivity index (χ4v) is 1.50. The Hall–Kier alpha value is -0.840. The first-order chi connectivity index (χ1) is 7.08. The van der Waals surface area contributed by atoms with Gasteiger partial charge in [-0.25, -0.2) is 8.78 Å². The lowest BCUT2D eigenvalue weighted by molar-refractivity contribution is -0.127. The van der Waals surface area contributed by atoms with Gasteiger partial charge in [0, 0.05) is 17.5 Å². The summed E-state index contributed by atoms with van der Waals surface area (Å²) in [6.45, 7) is 0.607. The Morgan fingerprint density at radius 2 is 1.62 bits per heavy atom. The van der Waals surface area contributed by atoms with Gasteiger partial charge in [0.1, 0.15) is 0 Å². The molecule has 0 aromatic heterocycles. The highest BCUT2D eigenvalue weighted by atomic mass is 35.5. The van der Waals surface area contributed by atoms with Crippen LogP contribution in [0, 0.1) is 0 Å². The maximum absolute atomic E-state index is 12.9. The van der Waals surface area contributed by atoms with Crippen LogP contribution >= 0.6 is 11.6 Å². The monoisotopic (exact) mass is 258 g/mol. The summed E-state index contributed by atoms with van der Waals surface area (Å²) in [4.78, 5) is 0. The topological polar surface area (TPSA) is 0 Å². The van der Waals surface area contributed by atoms with Crippen molar-refractivity contribution in [3.63, 3.8) is 0 Å². The van der Waals surface area contributed by atoms with Crippen LogP contribution in [0.5, 0.6) is 0 Å². The molecule has 0 bridgehead atoms. The molecule has 90 valence electrons. The number of hydrogen-bond donors (Lipinski definition) is 0. The van der Waals surface area contributed by atoms with E-state index in [1.807, 2.05) is 0 Å². The third-order valence-electron chi connectivity index (χ3n) is 1.87. The molecule has 0 aliphatic carbocycles. The van der Waals surface area contributed by atoms with Crippen molar-refractivity contribution in [3.05, 3.63) is 34.3 Å². The van der Waals surface area contributed by atoms with Crippen LogP contribution in [0.4, 0.5) is 22.0 Å². The second-order valence-electron chi connectivity index (χ2n) is 3.53. The highest BCUT2D eigenvalue weighted by Gasteiger charge is 2.30. The second-order valence-corrected chi connectivity index (χ2v) is 3.96. The minimum Gasteiger partial charge on any atom is -0.202 e. The molecule has 0 spiro atoms. The Labute approximate surface area is 94.0 Å². The van der Waals surface area contributed by atoms with E-state index in [0.29, 0.717) is 6.92 Å². The van der Waals surface area contributed by atoms with E-state index in [1.165, 1.54) is 0 Å². The van der Waals surface area contributed by atoms with Gasteiger partial charge in [0.05, 0.1) is 6.42 Å². The van der Waals surface area contributed by atoms with E-state index in [9.17, 15) is 22.0 Å². The van der Waals surface area contributed by atoms with Crippen LogP contribution in [0.3, 0.4) is 0 Å². The molecule has 1 aromatic carbocycles. The van der Waals surface area contributed by atoms with Crippen molar-refractivity contribution < 1.29 is 22.0 Å². The first-order valence-corrected chi connectivity index (χ1v) is 4.70. The maximum Gasteiger partial charge on any atom is 0.393 e. The summed E-state index contributed by atoms with van der Waals surface area (Å²) in [6, 6.07) is 2.81. The van der Waals surface area contributed by atoms with E-state index >= 15 is 0 Å². The fraction of sp³-hybridized carbons (Fsp3) is 0.400. The molecule has 0 aliphatic rings. The van der Waals surface area contributed by atoms with Gasteiger partial charge in [0.25, 0.3) is 5.92 Å². The molecule has 0 nitrogen and oxygen atoms in total. The Morgan fingerprint density at radius 1 is 1.06 bits per heavy atom. The van der Waals surface area contributed by atoms with Crippen molar-refractivity contribution in [1.29, 1.82) is 0 Å². The molecule has 0 N–H and O–H groups in total. The van der Waals surface area contributed by atoms with Gasteiger partial charge in [0.15, 0.2) is 0 Å². The molecule has 1 aromatic rings. The third kappa shape index (κ3) is 3.96. The molecule has 0 saturated heterocycles. The summed E-state index contributed by atoms with van der Waals surface area (Å²) in [5, 5.41) is -0.127. The molecule has 0 heterocycles. The quantitative estimate of drug-likeness (QED) is 0.683. The maximum atomic E-state index is 12.9. The first-order valence-electron chi connectivity index (χ1n) is 4.32. The third-order valence-corrected chi connectivity index (χ3v) is 2.09. The molecule has 16 heavy (non-hydrogen) atoms. The van der Waals surface area contributed by atoms with Gasteiger partial charge in [0.2, 0.25) is 0 Å². The summed E-state index contributed by atoms with van der Waals surface area (Å²) in [7, 11) is 0. The van der Waals surface area contributed by atoms with E-state index < -0.39 is 24.1 Å². The van der Waals surface area contributed by atoms with E-state index in [1.54, 1.807) is 0 Å². The van der Waals surface area contributed by atoms with Crippen molar-refractivity contribution in [1.82, 2.24) is 0 Å². The number of halogens is 6. The van der Waals surface area contributed by atoms with E-state index in [2.05, 4.69) is 0 Å². The van der Waals surface area contributed by atoms with Crippen LogP contribution in [0.15, 0.2) is 18.2 Å². The number of rotatable bonds is 2. The molecule has 0 atom stereocenters. The highest BCUT2D eigenvalue weighted by molar-refractivity contribution is 6.30. The Balaban J connectivity index is 3.09. The largest absolute Gasteiger partial charge is 0.393 e. The van der Waals surface area contributed by atoms with Crippen molar-refractivity contribution in [3.8, 4) is 0 Å². The zero-order valence-electron chi connectivity index (χ0n) is 8.21. The lowest BCUT2D eigenvalue weighted by Gasteiger charge is -2.13. The van der Waals surface area contributed by atoms with Crippen LogP contribution in [0.25, 0.3) is 0 Å². The van der Waals surface area contributed by atoms with Crippen LogP contribution in [-0.2, 0) is 12.3 Å². The van der Waals surface area contributed by atoms with Crippen molar-refractivity contribution in [2.24, 2.45) is 0 Å². The second kappa shape index (κ2) is 4.20. The zero-order valence-corrected chi connectivity index (χ0v) is 8.96. The Bertz CT molecular complexity index is 378. The summed E-state index contributed by atoms with van der Waals surface area (Å²) in [5.41, 5.74) is -0.782. The first kappa shape index (κ1) is 13.2. The lowest BCUT2D eigenvalue weighted by atomic mass is 10.0. The van der Waals surface area contributed by atoms with E-state index in [-0.39, 0.29) is 10.6 Å². The summed E-state index contributed by atoms with van der Waals surface area (Å²) in [6.07, 6.45) is -5.71. The van der Waals surface area contributed by atoms with Crippen molar-refractivity contribution in [2.45, 2.75) is 25.4 Å². The van der Waals surface area contributed by atoms with Gasteiger partial charge in [-0.3, -0.25) is 0 Å². The highest BCUT2D eigenvalue weighted by Crippen LogP contribution is 2.31. The van der Waals surface area contributed by atoms with Gasteiger partial charge >= 0.3 is 6.18 Å². The molecule has 0 unspecified atom stereocenters. The average molecular weight is 259 g/mol. The fourth-order valence-electron chi connectivity index (χ4n) is 1.24. The van der Waals surface area contributed by atoms with E-state index in [4.69, 9.17) is 11.6 Å². The van der Waals surface area contributed by atoms with Crippen molar-refractivity contribution >= 4 is 11.6 Å². The van der Waals surface area contributed by atoms with Gasteiger partial charge in [-0.2, -0.15) is 13.2 Å². The molecule has 1 rings (SSSR count). The van der Waals surface area contributed by atoms with Gasteiger partial charge in [-0.1, -0.05) is 11.6 Å². The molecule has 0 aliphatic heterocycles. The van der Waals surface area contributed by atoms with Crippen LogP contribution in [0.1, 0.15) is 18.1 Å². The molecular formula is C10H8ClF5. The summed E-state index contributed by atoms with van der Waals surface area (Å²) >= 11 is 5.48. The number of hydrogen-bond acceptors (Lipinski definition) is 0. The SMILES string of the molecule is CC(F)(F)c1cc(Cl)cc(CC(F)(F)F)c1. The number of alkyl halides is 5. The minimum atomic E-state index is -4.44. The predicted octanol–water partition coefficient (Wildman–Crippen LogP) is 4.56. The van der Waals surface area contributed by atoms with Gasteiger partial charge in [-0.15, -0.1) is 0 Å². The standard InChI is InChI=1S/C10H8ClF5/c1-9(12,13)7-2-6(3-8(11)4-7)5-10(14,15)16/h2-4H,5H2,1H3. The molecule has 6 heteroatoms. The summed E-state index contributed by atoms with van der Waals surface area (Å²) in [5.74, 6) is -3.20. The van der Waals surface area contributed by atoms with Crippen LogP contribution in [-0.4, -0.2) is 6.18 Å². The molecule has 0 radical (unpaired) electrons. The smallest absolute Gasteiger partial charge is 0.202 e. The molecule has 0 amide bonds. The minimum absolute atomic E-state index is 0.127. The Kier molecular flexibility index (Phi) is 3.47. The lowest BCUT2D eigenvalue weighted by Crippen LogP contribution is -2.13. The van der Waals surface area contributed by atoms with Crippen LogP contribution < -0.4 is 0 Å². The van der Waals surface area contributed by atoms with Crippen molar-refractivity contribution in [2.75, 3.05) is 0 Å². The number of benzene rings is 1. The molecule has 0 fully saturated rings.